The average molecular weight is 755 g/mol. The molecule has 0 spiro atoms. The molecule has 0 amide bonds. The summed E-state index contributed by atoms with van der Waals surface area (Å²) in [6, 6.07) is 36.3. The Bertz CT molecular complexity index is 1590. The van der Waals surface area contributed by atoms with Gasteiger partial charge in [-0.15, -0.1) is 11.1 Å². The Morgan fingerprint density at radius 1 is 0.708 bits per heavy atom. The van der Waals surface area contributed by atoms with Gasteiger partial charge in [0.2, 0.25) is 0 Å². The molecule has 48 heavy (non-hydrogen) atoms. The molecule has 0 saturated carbocycles. The zero-order valence-electron chi connectivity index (χ0n) is 30.6. The molecule has 0 nitrogen and oxygen atoms in total. The monoisotopic (exact) mass is 752 g/mol. The van der Waals surface area contributed by atoms with Crippen molar-refractivity contribution in [2.45, 2.75) is 92.9 Å². The van der Waals surface area contributed by atoms with Crippen LogP contribution in [0, 0.1) is 23.5 Å². The zero-order valence-corrected chi connectivity index (χ0v) is 34.5. The molecule has 0 fully saturated rings. The van der Waals surface area contributed by atoms with Crippen LogP contribution >= 0.6 is 0 Å². The molecular weight excluding hydrogens is 703 g/mol. The number of hydrogen-bond donors (Lipinski definition) is 0. The Morgan fingerprint density at radius 3 is 1.69 bits per heavy atom. The maximum absolute atomic E-state index is 3.67. The van der Waals surface area contributed by atoms with Crippen molar-refractivity contribution in [3.8, 4) is 11.1 Å². The normalized spacial score (nSPS) is 14.5. The van der Waals surface area contributed by atoms with E-state index in [1.54, 1.807) is 0 Å². The van der Waals surface area contributed by atoms with Gasteiger partial charge in [0.25, 0.3) is 0 Å². The number of benzene rings is 4. The van der Waals surface area contributed by atoms with Gasteiger partial charge in [0.15, 0.2) is 0 Å². The minimum absolute atomic E-state index is 0. The van der Waals surface area contributed by atoms with Crippen LogP contribution in [0.15, 0.2) is 109 Å². The fourth-order valence-corrected chi connectivity index (χ4v) is 6.45. The van der Waals surface area contributed by atoms with E-state index in [-0.39, 0.29) is 35.6 Å². The van der Waals surface area contributed by atoms with Crippen molar-refractivity contribution in [3.63, 3.8) is 0 Å². The van der Waals surface area contributed by atoms with E-state index >= 15 is 0 Å². The van der Waals surface area contributed by atoms with E-state index in [4.69, 9.17) is 0 Å². The molecule has 6 rings (SSSR count). The van der Waals surface area contributed by atoms with E-state index in [2.05, 4.69) is 185 Å². The molecule has 1 unspecified atom stereocenters. The van der Waals surface area contributed by atoms with Gasteiger partial charge in [-0.1, -0.05) is 105 Å². The topological polar surface area (TPSA) is 0 Å². The summed E-state index contributed by atoms with van der Waals surface area (Å²) in [5.74, 6) is 0.525. The molecule has 0 N–H and O–H groups in total. The van der Waals surface area contributed by atoms with Crippen LogP contribution in [0.5, 0.6) is 0 Å². The van der Waals surface area contributed by atoms with E-state index in [9.17, 15) is 0 Å². The maximum atomic E-state index is 3.67. The minimum atomic E-state index is 0. The van der Waals surface area contributed by atoms with Crippen LogP contribution in [0.2, 0.25) is 0 Å². The fourth-order valence-electron chi connectivity index (χ4n) is 5.63. The first kappa shape index (κ1) is 41.9. The van der Waals surface area contributed by atoms with Gasteiger partial charge >= 0.3 is 99.2 Å². The van der Waals surface area contributed by atoms with Crippen LogP contribution in [0.25, 0.3) is 11.1 Å². The average Bonchev–Trinajstić information content (AvgIpc) is 3.66. The molecule has 4 aromatic carbocycles. The summed E-state index contributed by atoms with van der Waals surface area (Å²) in [6.45, 7) is 22.6. The molecule has 0 bridgehead atoms. The molecule has 252 valence electrons. The first-order valence-corrected chi connectivity index (χ1v) is 18.0. The number of halogens is 2. The van der Waals surface area contributed by atoms with Crippen LogP contribution in [-0.4, -0.2) is 3.21 Å². The second kappa shape index (κ2) is 17.6. The molecule has 0 heterocycles. The molecule has 0 aliphatic heterocycles. The number of hydrogen-bond acceptors (Lipinski definition) is 0. The van der Waals surface area contributed by atoms with Crippen molar-refractivity contribution in [1.29, 1.82) is 0 Å². The Hall–Kier alpha value is -2.31. The van der Waals surface area contributed by atoms with Crippen molar-refractivity contribution in [2.75, 3.05) is 0 Å². The molecule has 2 aliphatic carbocycles. The first-order chi connectivity index (χ1) is 21.6. The number of allylic oxidation sites excluding steroid dienone is 4. The van der Waals surface area contributed by atoms with Crippen molar-refractivity contribution < 1.29 is 49.0 Å². The molecule has 0 radical (unpaired) electrons. The molecule has 3 heteroatoms. The summed E-state index contributed by atoms with van der Waals surface area (Å²) < 4.78 is 1.42. The third kappa shape index (κ3) is 11.1. The van der Waals surface area contributed by atoms with Gasteiger partial charge in [-0.2, -0.15) is 29.8 Å². The van der Waals surface area contributed by atoms with Gasteiger partial charge in [-0.25, -0.2) is 11.6 Å². The Kier molecular flexibility index (Phi) is 15.3. The van der Waals surface area contributed by atoms with Gasteiger partial charge in [0.05, 0.1) is 0 Å². The summed E-state index contributed by atoms with van der Waals surface area (Å²) >= 11 is 1.46. The molecule has 0 saturated heterocycles. The quantitative estimate of drug-likeness (QED) is 0.204. The third-order valence-electron chi connectivity index (χ3n) is 8.76. The van der Waals surface area contributed by atoms with Crippen LogP contribution in [0.3, 0.4) is 0 Å². The van der Waals surface area contributed by atoms with Crippen molar-refractivity contribution in [3.05, 3.63) is 154 Å². The van der Waals surface area contributed by atoms with Crippen LogP contribution in [0.1, 0.15) is 109 Å². The van der Waals surface area contributed by atoms with Crippen molar-refractivity contribution in [2.24, 2.45) is 11.3 Å². The Balaban J connectivity index is 0.000000260. The van der Waals surface area contributed by atoms with Gasteiger partial charge < -0.3 is 24.8 Å². The third-order valence-corrected chi connectivity index (χ3v) is 10.2. The fraction of sp³-hybridized carbons (Fsp3) is 0.356. The van der Waals surface area contributed by atoms with Gasteiger partial charge in [0, 0.05) is 0 Å². The Morgan fingerprint density at radius 2 is 1.25 bits per heavy atom. The van der Waals surface area contributed by atoms with Crippen molar-refractivity contribution >= 4 is 3.21 Å². The van der Waals surface area contributed by atoms with E-state index in [1.807, 2.05) is 0 Å². The van der Waals surface area contributed by atoms with Crippen LogP contribution < -0.4 is 24.8 Å². The second-order valence-electron chi connectivity index (χ2n) is 15.7. The molecule has 4 aromatic rings. The molecule has 1 atom stereocenters. The predicted octanol–water partition coefficient (Wildman–Crippen LogP) is 5.82. The molecular formula is C45H52Cl2Zr-2. The van der Waals surface area contributed by atoms with Crippen LogP contribution in [0.4, 0.5) is 0 Å². The standard InChI is InChI=1S/C21H25.C13H10.C11H17.2ClH.Zr/c1-20(2,3)16-7-9-18-14(12-16)11-15-13-17(21(4,5)6)8-10-19(15)18;1-3-7-12(8-4-1)11-13-9-5-2-6-10-13;1-5-9-6-7-10(8-9)11(2,3)4;;;/h7-10,12H,11H2,1-6H3;1-10H;6,8,10H,5H2,1-4H3;2*1H;/q-1;;-1;;;+2/p-2. The number of fused-ring (bicyclic) bond motifs is 3. The Labute approximate surface area is 319 Å². The van der Waals surface area contributed by atoms with Gasteiger partial charge in [-0.3, -0.25) is 6.08 Å². The summed E-state index contributed by atoms with van der Waals surface area (Å²) in [5.41, 5.74) is 13.1. The molecule has 0 aromatic heterocycles. The SMILES string of the molecule is CC(C)(C)c1[c-]c2c(cc1)-c1ccc(C(C)(C)C)cc1C2.CCC1=CC(C(C)(C)C)[C-]=C1.[Cl-].[Cl-].[Zr+2]=[C](c1ccccc1)c1ccccc1. The van der Waals surface area contributed by atoms with Crippen molar-refractivity contribution in [1.82, 2.24) is 0 Å². The summed E-state index contributed by atoms with van der Waals surface area (Å²) in [7, 11) is 0. The van der Waals surface area contributed by atoms with E-state index < -0.39 is 0 Å². The predicted molar refractivity (Wildman–Crippen MR) is 196 cm³/mol. The van der Waals surface area contributed by atoms with E-state index in [0.717, 1.165) is 12.8 Å². The zero-order chi connectivity index (χ0) is 33.7. The van der Waals surface area contributed by atoms with Gasteiger partial charge in [0.1, 0.15) is 0 Å². The first-order valence-electron chi connectivity index (χ1n) is 16.8. The number of rotatable bonds is 3. The second-order valence-corrected chi connectivity index (χ2v) is 16.9. The summed E-state index contributed by atoms with van der Waals surface area (Å²) in [4.78, 5) is 0. The van der Waals surface area contributed by atoms with Crippen LogP contribution in [-0.2, 0) is 41.5 Å². The molecule has 2 aliphatic rings. The summed E-state index contributed by atoms with van der Waals surface area (Å²) in [6.07, 6.45) is 10.0. The summed E-state index contributed by atoms with van der Waals surface area (Å²) in [5, 5.41) is 0. The van der Waals surface area contributed by atoms with E-state index in [1.165, 1.54) is 77.5 Å². The van der Waals surface area contributed by atoms with E-state index in [0.29, 0.717) is 11.3 Å². The van der Waals surface area contributed by atoms with Gasteiger partial charge in [-0.05, 0) is 33.8 Å².